The summed E-state index contributed by atoms with van der Waals surface area (Å²) in [6.07, 6.45) is -1.09. The zero-order chi connectivity index (χ0) is 14.3. The molecule has 0 aliphatic rings. The maximum absolute atomic E-state index is 13.8. The zero-order valence-electron chi connectivity index (χ0n) is 11.6. The van der Waals surface area contributed by atoms with E-state index >= 15 is 0 Å². The normalized spacial score (nSPS) is 14.2. The fraction of sp³-hybridized carbons (Fsp3) is 0.571. The largest absolute Gasteiger partial charge is 0.485 e. The molecular weight excluding hydrogens is 249 g/mol. The maximum atomic E-state index is 13.8. The number of halogens is 1. The lowest BCUT2D eigenvalue weighted by molar-refractivity contribution is 0.0579. The van der Waals surface area contributed by atoms with E-state index in [1.165, 1.54) is 6.07 Å². The van der Waals surface area contributed by atoms with Gasteiger partial charge < -0.3 is 19.9 Å². The predicted octanol–water partition coefficient (Wildman–Crippen LogP) is 1.71. The first-order chi connectivity index (χ1) is 9.04. The van der Waals surface area contributed by atoms with Gasteiger partial charge in [0.2, 0.25) is 0 Å². The number of hydrogen-bond donors (Lipinski definition) is 2. The summed E-state index contributed by atoms with van der Waals surface area (Å²) in [6.45, 7) is 5.22. The van der Waals surface area contributed by atoms with Gasteiger partial charge in [0.15, 0.2) is 11.6 Å². The summed E-state index contributed by atoms with van der Waals surface area (Å²) in [5.74, 6) is -0.257. The number of nitrogens with one attached hydrogen (secondary N) is 1. The van der Waals surface area contributed by atoms with Crippen LogP contribution in [0.1, 0.15) is 19.4 Å². The minimum Gasteiger partial charge on any atom is -0.485 e. The fourth-order valence-corrected chi connectivity index (χ4v) is 1.46. The van der Waals surface area contributed by atoms with Crippen molar-refractivity contribution in [2.24, 2.45) is 0 Å². The fourth-order valence-electron chi connectivity index (χ4n) is 1.46. The second-order valence-corrected chi connectivity index (χ2v) is 4.50. The molecule has 1 aromatic rings. The Kier molecular flexibility index (Phi) is 6.77. The minimum atomic E-state index is -0.644. The average Bonchev–Trinajstić information content (AvgIpc) is 2.37. The summed E-state index contributed by atoms with van der Waals surface area (Å²) in [5.41, 5.74) is 0.839. The van der Waals surface area contributed by atoms with E-state index in [0.717, 1.165) is 12.1 Å². The number of hydrogen-bond acceptors (Lipinski definition) is 4. The van der Waals surface area contributed by atoms with E-state index in [4.69, 9.17) is 9.47 Å². The zero-order valence-corrected chi connectivity index (χ0v) is 11.6. The molecule has 1 aromatic carbocycles. The van der Waals surface area contributed by atoms with Crippen LogP contribution in [0, 0.1) is 5.82 Å². The number of aliphatic hydroxyl groups is 1. The van der Waals surface area contributed by atoms with Gasteiger partial charge in [-0.25, -0.2) is 4.39 Å². The summed E-state index contributed by atoms with van der Waals surface area (Å²) in [7, 11) is 1.64. The smallest absolute Gasteiger partial charge is 0.165 e. The molecule has 0 bridgehead atoms. The van der Waals surface area contributed by atoms with Crippen molar-refractivity contribution in [1.29, 1.82) is 0 Å². The molecule has 19 heavy (non-hydrogen) atoms. The second-order valence-electron chi connectivity index (χ2n) is 4.50. The Bertz CT molecular complexity index is 385. The Labute approximate surface area is 113 Å². The van der Waals surface area contributed by atoms with E-state index in [0.29, 0.717) is 13.2 Å². The molecule has 2 atom stereocenters. The topological polar surface area (TPSA) is 50.7 Å². The molecule has 2 unspecified atom stereocenters. The molecule has 0 fully saturated rings. The van der Waals surface area contributed by atoms with Gasteiger partial charge in [-0.05, 0) is 31.5 Å². The summed E-state index contributed by atoms with van der Waals surface area (Å²) < 4.78 is 24.0. The Morgan fingerprint density at radius 1 is 1.37 bits per heavy atom. The number of methoxy groups -OCH3 is 1. The summed E-state index contributed by atoms with van der Waals surface area (Å²) >= 11 is 0. The van der Waals surface area contributed by atoms with Crippen LogP contribution in [0.4, 0.5) is 4.39 Å². The number of rotatable bonds is 8. The maximum Gasteiger partial charge on any atom is 0.165 e. The average molecular weight is 271 g/mol. The Hall–Kier alpha value is -1.17. The van der Waals surface area contributed by atoms with Crippen LogP contribution in [0.25, 0.3) is 0 Å². The third-order valence-electron chi connectivity index (χ3n) is 2.80. The van der Waals surface area contributed by atoms with Crippen LogP contribution in [-0.4, -0.2) is 37.6 Å². The molecule has 4 nitrogen and oxygen atoms in total. The van der Waals surface area contributed by atoms with E-state index in [1.54, 1.807) is 33.1 Å². The molecule has 0 aliphatic carbocycles. The molecule has 1 rings (SSSR count). The van der Waals surface area contributed by atoms with Crippen LogP contribution in [-0.2, 0) is 11.3 Å². The van der Waals surface area contributed by atoms with Gasteiger partial charge in [0.1, 0.15) is 6.10 Å². The van der Waals surface area contributed by atoms with E-state index < -0.39 is 18.0 Å². The molecule has 0 saturated heterocycles. The Morgan fingerprint density at radius 2 is 2.11 bits per heavy atom. The van der Waals surface area contributed by atoms with Crippen molar-refractivity contribution >= 4 is 0 Å². The molecule has 2 N–H and O–H groups in total. The van der Waals surface area contributed by atoms with Gasteiger partial charge in [-0.15, -0.1) is 0 Å². The molecule has 0 aromatic heterocycles. The molecule has 0 saturated carbocycles. The van der Waals surface area contributed by atoms with Gasteiger partial charge in [0.05, 0.1) is 12.7 Å². The van der Waals surface area contributed by atoms with Crippen molar-refractivity contribution in [3.8, 4) is 5.75 Å². The molecule has 0 heterocycles. The van der Waals surface area contributed by atoms with Crippen molar-refractivity contribution in [3.05, 3.63) is 29.6 Å². The van der Waals surface area contributed by atoms with E-state index in [1.807, 2.05) is 0 Å². The summed E-state index contributed by atoms with van der Waals surface area (Å²) in [6, 6.07) is 4.82. The molecular formula is C14H22FNO3. The van der Waals surface area contributed by atoms with Crippen LogP contribution >= 0.6 is 0 Å². The van der Waals surface area contributed by atoms with Crippen LogP contribution in [0.15, 0.2) is 18.2 Å². The van der Waals surface area contributed by atoms with Gasteiger partial charge in [-0.2, -0.15) is 0 Å². The Balaban J connectivity index is 2.54. The summed E-state index contributed by atoms with van der Waals surface area (Å²) in [4.78, 5) is 0. The van der Waals surface area contributed by atoms with Crippen LogP contribution in [0.5, 0.6) is 5.75 Å². The first kappa shape index (κ1) is 15.9. The standard InChI is InChI=1S/C14H22FNO3/c1-10(17)11(2)19-14-5-4-12(8-13(14)15)9-16-6-7-18-3/h4-5,8,10-11,16-17H,6-7,9H2,1-3H3. The van der Waals surface area contributed by atoms with Gasteiger partial charge in [-0.1, -0.05) is 6.07 Å². The first-order valence-corrected chi connectivity index (χ1v) is 6.37. The Morgan fingerprint density at radius 3 is 2.68 bits per heavy atom. The van der Waals surface area contributed by atoms with Gasteiger partial charge in [0.25, 0.3) is 0 Å². The van der Waals surface area contributed by atoms with Crippen molar-refractivity contribution in [1.82, 2.24) is 5.32 Å². The van der Waals surface area contributed by atoms with Crippen molar-refractivity contribution < 1.29 is 19.0 Å². The van der Waals surface area contributed by atoms with E-state index in [9.17, 15) is 9.50 Å². The molecule has 0 amide bonds. The van der Waals surface area contributed by atoms with Crippen LogP contribution < -0.4 is 10.1 Å². The molecule has 0 spiro atoms. The monoisotopic (exact) mass is 271 g/mol. The third-order valence-corrected chi connectivity index (χ3v) is 2.80. The van der Waals surface area contributed by atoms with Crippen molar-refractivity contribution in [3.63, 3.8) is 0 Å². The molecule has 108 valence electrons. The third kappa shape index (κ3) is 5.55. The lowest BCUT2D eigenvalue weighted by Gasteiger charge is -2.18. The SMILES string of the molecule is COCCNCc1ccc(OC(C)C(C)O)c(F)c1. The highest BCUT2D eigenvalue weighted by Crippen LogP contribution is 2.20. The van der Waals surface area contributed by atoms with Gasteiger partial charge in [0, 0.05) is 20.2 Å². The highest BCUT2D eigenvalue weighted by atomic mass is 19.1. The van der Waals surface area contributed by atoms with Crippen molar-refractivity contribution in [2.75, 3.05) is 20.3 Å². The highest BCUT2D eigenvalue weighted by Gasteiger charge is 2.13. The lowest BCUT2D eigenvalue weighted by atomic mass is 10.2. The van der Waals surface area contributed by atoms with E-state index in [-0.39, 0.29) is 5.75 Å². The predicted molar refractivity (Wildman–Crippen MR) is 71.8 cm³/mol. The number of ether oxygens (including phenoxy) is 2. The van der Waals surface area contributed by atoms with Gasteiger partial charge >= 0.3 is 0 Å². The summed E-state index contributed by atoms with van der Waals surface area (Å²) in [5, 5.41) is 12.5. The lowest BCUT2D eigenvalue weighted by Crippen LogP contribution is -2.26. The van der Waals surface area contributed by atoms with Crippen molar-refractivity contribution in [2.45, 2.75) is 32.6 Å². The van der Waals surface area contributed by atoms with Gasteiger partial charge in [-0.3, -0.25) is 0 Å². The molecule has 0 radical (unpaired) electrons. The quantitative estimate of drug-likeness (QED) is 0.707. The minimum absolute atomic E-state index is 0.161. The van der Waals surface area contributed by atoms with E-state index in [2.05, 4.69) is 5.32 Å². The highest BCUT2D eigenvalue weighted by molar-refractivity contribution is 5.29. The van der Waals surface area contributed by atoms with Crippen LogP contribution in [0.3, 0.4) is 0 Å². The molecule has 0 aliphatic heterocycles. The first-order valence-electron chi connectivity index (χ1n) is 6.37. The number of benzene rings is 1. The second kappa shape index (κ2) is 8.09. The number of aliphatic hydroxyl groups excluding tert-OH is 1. The molecule has 5 heteroatoms. The van der Waals surface area contributed by atoms with Crippen LogP contribution in [0.2, 0.25) is 0 Å².